The zero-order valence-electron chi connectivity index (χ0n) is 34.8. The van der Waals surface area contributed by atoms with Crippen LogP contribution in [0, 0.1) is 23.3 Å². The maximum Gasteiger partial charge on any atom is 0.193 e. The van der Waals surface area contributed by atoms with Gasteiger partial charge in [-0.3, -0.25) is 9.78 Å². The van der Waals surface area contributed by atoms with Crippen LogP contribution >= 0.6 is 0 Å². The van der Waals surface area contributed by atoms with Crippen LogP contribution in [0.5, 0.6) is 0 Å². The zero-order valence-corrected chi connectivity index (χ0v) is 38.2. The van der Waals surface area contributed by atoms with Crippen molar-refractivity contribution in [1.82, 2.24) is 4.98 Å². The fourth-order valence-electron chi connectivity index (χ4n) is 7.99. The molecule has 4 nitrogen and oxygen atoms in total. The Hall–Kier alpha value is -4.09. The summed E-state index contributed by atoms with van der Waals surface area (Å²) in [5, 5.41) is 17.0. The van der Waals surface area contributed by atoms with Crippen molar-refractivity contribution in [3.8, 4) is 11.3 Å². The molecule has 6 aromatic rings. The molecular weight excluding hydrogens is 883 g/mol. The third-order valence-corrected chi connectivity index (χ3v) is 16.3. The van der Waals surface area contributed by atoms with Gasteiger partial charge in [0.2, 0.25) is 0 Å². The van der Waals surface area contributed by atoms with Gasteiger partial charge in [0.25, 0.3) is 0 Å². The quantitative estimate of drug-likeness (QED) is 0.0542. The van der Waals surface area contributed by atoms with Crippen LogP contribution in [0.4, 0.5) is 0 Å². The van der Waals surface area contributed by atoms with Crippen molar-refractivity contribution in [2.75, 3.05) is 0 Å². The predicted molar refractivity (Wildman–Crippen MR) is 236 cm³/mol. The van der Waals surface area contributed by atoms with E-state index < -0.39 is 8.07 Å². The summed E-state index contributed by atoms with van der Waals surface area (Å²) >= 11 is 0. The van der Waals surface area contributed by atoms with Crippen LogP contribution in [-0.2, 0) is 24.9 Å². The molecule has 0 unspecified atom stereocenters. The molecule has 56 heavy (non-hydrogen) atoms. The molecule has 0 aliphatic heterocycles. The number of pyridine rings is 1. The van der Waals surface area contributed by atoms with Gasteiger partial charge in [-0.25, -0.2) is 0 Å². The monoisotopic (exact) mass is 943 g/mol. The minimum absolute atomic E-state index is 0. The smallest absolute Gasteiger partial charge is 0.193 e. The number of rotatable bonds is 13. The Balaban J connectivity index is 0.000000372. The molecule has 1 N–H and O–H groups in total. The third-order valence-electron chi connectivity index (χ3n) is 10.9. The second-order valence-electron chi connectivity index (χ2n) is 16.4. The fraction of sp³-hybridized carbons (Fsp3) is 0.360. The van der Waals surface area contributed by atoms with E-state index in [1.165, 1.54) is 27.4 Å². The third kappa shape index (κ3) is 10.1. The first-order chi connectivity index (χ1) is 26.4. The van der Waals surface area contributed by atoms with E-state index in [-0.39, 0.29) is 48.9 Å². The molecule has 0 aliphatic carbocycles. The normalized spacial score (nSPS) is 12.2. The van der Waals surface area contributed by atoms with E-state index in [1.54, 1.807) is 0 Å². The second kappa shape index (κ2) is 19.9. The van der Waals surface area contributed by atoms with Gasteiger partial charge in [-0.1, -0.05) is 152 Å². The van der Waals surface area contributed by atoms with Gasteiger partial charge in [-0.15, -0.1) is 29.1 Å². The molecule has 0 atom stereocenters. The number of ketones is 1. The first-order valence-corrected chi connectivity index (χ1v) is 22.5. The average Bonchev–Trinajstić information content (AvgIpc) is 3.63. The van der Waals surface area contributed by atoms with Crippen LogP contribution < -0.4 is 15.8 Å². The first-order valence-electron chi connectivity index (χ1n) is 20.3. The Kier molecular flexibility index (Phi) is 15.8. The Bertz CT molecular complexity index is 2150. The van der Waals surface area contributed by atoms with Crippen LogP contribution in [0.1, 0.15) is 99.5 Å². The zero-order chi connectivity index (χ0) is 39.8. The van der Waals surface area contributed by atoms with Crippen LogP contribution in [0.15, 0.2) is 126 Å². The van der Waals surface area contributed by atoms with E-state index in [4.69, 9.17) is 9.40 Å². The summed E-state index contributed by atoms with van der Waals surface area (Å²) in [4.78, 5) is 16.6. The molecule has 1 radical (unpaired) electrons. The van der Waals surface area contributed by atoms with E-state index >= 15 is 0 Å². The summed E-state index contributed by atoms with van der Waals surface area (Å²) in [7, 11) is -2.54. The summed E-state index contributed by atoms with van der Waals surface area (Å²) < 4.78 is 7.07. The maximum atomic E-state index is 11.7. The molecule has 0 saturated carbocycles. The van der Waals surface area contributed by atoms with Gasteiger partial charge in [-0.05, 0) is 65.6 Å². The Morgan fingerprint density at radius 3 is 1.89 bits per heavy atom. The largest absolute Gasteiger partial charge is 0.512 e. The SMILES string of the molecule is CC(C)c1cc(-c2nccc3cc([Si](CC(C)(C)C)(c4ccccc4)c4ccccc4)oc23)[c-]c2ccccc12.CCC(CC)C(=O)/C=C(\O)C(CC)CC.[Ir]. The van der Waals surface area contributed by atoms with Crippen molar-refractivity contribution < 1.29 is 34.4 Å². The van der Waals surface area contributed by atoms with Gasteiger partial charge < -0.3 is 9.52 Å². The molecule has 4 aromatic carbocycles. The number of allylic oxidation sites excluding steroid dienone is 2. The van der Waals surface area contributed by atoms with Crippen molar-refractivity contribution >= 4 is 51.4 Å². The average molecular weight is 943 g/mol. The van der Waals surface area contributed by atoms with Crippen LogP contribution in [0.25, 0.3) is 33.0 Å². The number of aliphatic hydroxyl groups excluding tert-OH is 1. The number of hydrogen-bond acceptors (Lipinski definition) is 4. The maximum absolute atomic E-state index is 11.7. The molecular formula is C50H60IrNO3Si-. The first kappa shape index (κ1) is 44.6. The van der Waals surface area contributed by atoms with Crippen LogP contribution in [-0.4, -0.2) is 23.9 Å². The fourth-order valence-corrected chi connectivity index (χ4v) is 13.3. The molecule has 0 bridgehead atoms. The predicted octanol–water partition coefficient (Wildman–Crippen LogP) is 12.0. The number of carbonyl (C=O) groups excluding carboxylic acids is 1. The van der Waals surface area contributed by atoms with Crippen molar-refractivity contribution in [3.63, 3.8) is 0 Å². The van der Waals surface area contributed by atoms with E-state index in [0.29, 0.717) is 5.92 Å². The van der Waals surface area contributed by atoms with Gasteiger partial charge in [0.05, 0.1) is 11.1 Å². The van der Waals surface area contributed by atoms with Crippen LogP contribution in [0.3, 0.4) is 0 Å². The Morgan fingerprint density at radius 2 is 1.36 bits per heavy atom. The number of hydrogen-bond donors (Lipinski definition) is 1. The Labute approximate surface area is 350 Å². The van der Waals surface area contributed by atoms with E-state index in [1.807, 2.05) is 33.9 Å². The molecule has 6 heteroatoms. The van der Waals surface area contributed by atoms with E-state index in [2.05, 4.69) is 144 Å². The molecule has 2 heterocycles. The molecule has 2 aromatic heterocycles. The number of nitrogens with zero attached hydrogens (tertiary/aromatic N) is 1. The summed E-state index contributed by atoms with van der Waals surface area (Å²) in [5.41, 5.74) is 4.08. The van der Waals surface area contributed by atoms with Crippen molar-refractivity contribution in [3.05, 3.63) is 133 Å². The number of fused-ring (bicyclic) bond motifs is 2. The number of aromatic nitrogens is 1. The minimum Gasteiger partial charge on any atom is -0.512 e. The van der Waals surface area contributed by atoms with E-state index in [9.17, 15) is 9.90 Å². The molecule has 6 rings (SSSR count). The topological polar surface area (TPSA) is 63.3 Å². The molecule has 0 aliphatic rings. The van der Waals surface area contributed by atoms with Gasteiger partial charge in [-0.2, -0.15) is 0 Å². The summed E-state index contributed by atoms with van der Waals surface area (Å²) in [6.07, 6.45) is 6.82. The van der Waals surface area contributed by atoms with Crippen molar-refractivity contribution in [1.29, 1.82) is 0 Å². The Morgan fingerprint density at radius 1 is 0.804 bits per heavy atom. The molecule has 0 fully saturated rings. The van der Waals surface area contributed by atoms with Crippen molar-refractivity contribution in [2.24, 2.45) is 17.3 Å². The second-order valence-corrected chi connectivity index (χ2v) is 20.2. The number of benzene rings is 4. The molecule has 0 amide bonds. The van der Waals surface area contributed by atoms with Gasteiger partial charge in [0, 0.05) is 55.3 Å². The number of furan rings is 1. The van der Waals surface area contributed by atoms with Gasteiger partial charge in [0.1, 0.15) is 5.58 Å². The summed E-state index contributed by atoms with van der Waals surface area (Å²) in [6.45, 7) is 19.6. The van der Waals surface area contributed by atoms with Crippen molar-refractivity contribution in [2.45, 2.75) is 100.0 Å². The summed E-state index contributed by atoms with van der Waals surface area (Å²) in [5.74, 6) is 0.929. The number of carbonyl (C=O) groups is 1. The number of aliphatic hydroxyl groups is 1. The summed E-state index contributed by atoms with van der Waals surface area (Å²) in [6, 6.07) is 41.9. The van der Waals surface area contributed by atoms with Gasteiger partial charge >= 0.3 is 0 Å². The van der Waals surface area contributed by atoms with Crippen LogP contribution in [0.2, 0.25) is 6.04 Å². The molecule has 0 spiro atoms. The standard InChI is InChI=1S/C37H36NOSi.C13H24O2.Ir/c1-26(2)33-23-29(22-27-14-12-13-19-32(27)33)35-36-28(20-21-38-35)24-34(39-36)40(25-37(3,4)5,30-15-8-6-9-16-30)31-17-10-7-11-18-31;1-5-10(6-2)12(14)9-13(15)11(7-3)8-4;/h6-21,23-24,26H,25H2,1-5H3;9-11,14H,5-8H2,1-4H3;/q-1;;/b;12-9-;. The van der Waals surface area contributed by atoms with E-state index in [0.717, 1.165) is 64.7 Å². The minimum atomic E-state index is -2.54. The van der Waals surface area contributed by atoms with Gasteiger partial charge in [0.15, 0.2) is 13.9 Å². The molecule has 0 saturated heterocycles. The molecule has 297 valence electrons.